The van der Waals surface area contributed by atoms with Crippen LogP contribution in [-0.4, -0.2) is 17.0 Å². The highest BCUT2D eigenvalue weighted by molar-refractivity contribution is 6.04. The van der Waals surface area contributed by atoms with Crippen LogP contribution in [0.1, 0.15) is 24.2 Å². The summed E-state index contributed by atoms with van der Waals surface area (Å²) in [5.41, 5.74) is 1.79. The Bertz CT molecular complexity index is 909. The third-order valence-corrected chi connectivity index (χ3v) is 3.62. The maximum absolute atomic E-state index is 13.0. The number of carbonyl (C=O) groups is 1. The summed E-state index contributed by atoms with van der Waals surface area (Å²) in [4.78, 5) is 16.6. The monoisotopic (exact) mass is 365 g/mol. The van der Waals surface area contributed by atoms with E-state index in [1.807, 2.05) is 38.1 Å². The van der Waals surface area contributed by atoms with Crippen molar-refractivity contribution in [3.8, 4) is 5.75 Å². The van der Waals surface area contributed by atoms with Gasteiger partial charge in [0.15, 0.2) is 0 Å². The first-order chi connectivity index (χ1) is 13.0. The van der Waals surface area contributed by atoms with Gasteiger partial charge in [0.05, 0.1) is 6.10 Å². The Morgan fingerprint density at radius 1 is 1.00 bits per heavy atom. The highest BCUT2D eigenvalue weighted by Gasteiger charge is 2.08. The lowest BCUT2D eigenvalue weighted by Crippen LogP contribution is -2.12. The van der Waals surface area contributed by atoms with Crippen LogP contribution in [0.3, 0.4) is 0 Å². The fourth-order valence-corrected chi connectivity index (χ4v) is 2.41. The highest BCUT2D eigenvalue weighted by atomic mass is 19.1. The molecule has 0 saturated heterocycles. The van der Waals surface area contributed by atoms with Crippen molar-refractivity contribution in [3.05, 3.63) is 78.2 Å². The van der Waals surface area contributed by atoms with Gasteiger partial charge in [-0.15, -0.1) is 0 Å². The molecule has 0 spiro atoms. The largest absolute Gasteiger partial charge is 0.491 e. The number of anilines is 3. The van der Waals surface area contributed by atoms with Gasteiger partial charge in [0.1, 0.15) is 17.4 Å². The van der Waals surface area contributed by atoms with Crippen molar-refractivity contribution in [2.75, 3.05) is 10.6 Å². The minimum atomic E-state index is -0.354. The lowest BCUT2D eigenvalue weighted by Gasteiger charge is -2.11. The molecule has 0 aliphatic carbocycles. The first-order valence-corrected chi connectivity index (χ1v) is 8.56. The third-order valence-electron chi connectivity index (χ3n) is 3.62. The zero-order valence-electron chi connectivity index (χ0n) is 15.1. The second-order valence-electron chi connectivity index (χ2n) is 6.21. The van der Waals surface area contributed by atoms with Gasteiger partial charge in [0.25, 0.3) is 5.91 Å². The fourth-order valence-electron chi connectivity index (χ4n) is 2.41. The number of halogens is 1. The van der Waals surface area contributed by atoms with Crippen LogP contribution in [0.2, 0.25) is 0 Å². The molecule has 0 aliphatic heterocycles. The third kappa shape index (κ3) is 5.28. The number of hydrogen-bond acceptors (Lipinski definition) is 4. The maximum Gasteiger partial charge on any atom is 0.255 e. The Morgan fingerprint density at radius 3 is 2.33 bits per heavy atom. The minimum Gasteiger partial charge on any atom is -0.491 e. The van der Waals surface area contributed by atoms with E-state index in [9.17, 15) is 9.18 Å². The zero-order chi connectivity index (χ0) is 19.2. The summed E-state index contributed by atoms with van der Waals surface area (Å²) < 4.78 is 18.6. The molecule has 2 N–H and O–H groups in total. The first kappa shape index (κ1) is 18.4. The zero-order valence-corrected chi connectivity index (χ0v) is 15.1. The highest BCUT2D eigenvalue weighted by Crippen LogP contribution is 2.20. The number of rotatable bonds is 6. The first-order valence-electron chi connectivity index (χ1n) is 8.56. The van der Waals surface area contributed by atoms with Crippen LogP contribution < -0.4 is 15.4 Å². The van der Waals surface area contributed by atoms with Crippen molar-refractivity contribution < 1.29 is 13.9 Å². The lowest BCUT2D eigenvalue weighted by molar-refractivity contribution is 0.102. The van der Waals surface area contributed by atoms with E-state index in [4.69, 9.17) is 4.74 Å². The van der Waals surface area contributed by atoms with Gasteiger partial charge in [0.2, 0.25) is 0 Å². The van der Waals surface area contributed by atoms with Crippen LogP contribution in [0.4, 0.5) is 21.6 Å². The fraction of sp³-hybridized carbons (Fsp3) is 0.143. The molecular weight excluding hydrogens is 345 g/mol. The molecule has 0 atom stereocenters. The Labute approximate surface area is 157 Å². The standard InChI is InChI=1S/C21H20FN3O2/c1-14(2)27-19-9-7-17(8-10-19)24-20-13-15(11-12-23-20)21(26)25-18-5-3-16(22)4-6-18/h3-14H,1-2H3,(H,23,24)(H,25,26). The summed E-state index contributed by atoms with van der Waals surface area (Å²) in [6.07, 6.45) is 1.67. The summed E-state index contributed by atoms with van der Waals surface area (Å²) in [5, 5.41) is 5.88. The number of ether oxygens (including phenoxy) is 1. The molecule has 1 amide bonds. The van der Waals surface area contributed by atoms with Gasteiger partial charge < -0.3 is 15.4 Å². The van der Waals surface area contributed by atoms with E-state index in [0.29, 0.717) is 17.1 Å². The van der Waals surface area contributed by atoms with Gasteiger partial charge in [-0.25, -0.2) is 9.37 Å². The van der Waals surface area contributed by atoms with Crippen molar-refractivity contribution >= 4 is 23.1 Å². The van der Waals surface area contributed by atoms with E-state index in [2.05, 4.69) is 15.6 Å². The van der Waals surface area contributed by atoms with Crippen molar-refractivity contribution in [1.29, 1.82) is 0 Å². The normalized spacial score (nSPS) is 10.5. The van der Waals surface area contributed by atoms with Crippen LogP contribution in [-0.2, 0) is 0 Å². The molecule has 138 valence electrons. The van der Waals surface area contributed by atoms with Gasteiger partial charge in [-0.3, -0.25) is 4.79 Å². The molecule has 1 heterocycles. The van der Waals surface area contributed by atoms with Crippen LogP contribution >= 0.6 is 0 Å². The van der Waals surface area contributed by atoms with Crippen molar-refractivity contribution in [2.45, 2.75) is 20.0 Å². The van der Waals surface area contributed by atoms with E-state index >= 15 is 0 Å². The summed E-state index contributed by atoms with van der Waals surface area (Å²) >= 11 is 0. The van der Waals surface area contributed by atoms with E-state index < -0.39 is 0 Å². The SMILES string of the molecule is CC(C)Oc1ccc(Nc2cc(C(=O)Nc3ccc(F)cc3)ccn2)cc1. The molecule has 0 unspecified atom stereocenters. The quantitative estimate of drug-likeness (QED) is 0.645. The minimum absolute atomic E-state index is 0.113. The number of nitrogens with one attached hydrogen (secondary N) is 2. The molecule has 3 rings (SSSR count). The second kappa shape index (κ2) is 8.31. The Kier molecular flexibility index (Phi) is 5.66. The van der Waals surface area contributed by atoms with Gasteiger partial charge in [0, 0.05) is 23.1 Å². The molecule has 0 fully saturated rings. The van der Waals surface area contributed by atoms with Crippen LogP contribution in [0.5, 0.6) is 5.75 Å². The molecule has 0 aliphatic rings. The number of aromatic nitrogens is 1. The van der Waals surface area contributed by atoms with Crippen LogP contribution in [0.15, 0.2) is 66.9 Å². The molecule has 1 aromatic heterocycles. The smallest absolute Gasteiger partial charge is 0.255 e. The van der Waals surface area contributed by atoms with Crippen molar-refractivity contribution in [3.63, 3.8) is 0 Å². The Hall–Kier alpha value is -3.41. The van der Waals surface area contributed by atoms with Crippen LogP contribution in [0.25, 0.3) is 0 Å². The molecule has 27 heavy (non-hydrogen) atoms. The topological polar surface area (TPSA) is 63.2 Å². The Balaban J connectivity index is 1.67. The van der Waals surface area contributed by atoms with Crippen molar-refractivity contribution in [2.24, 2.45) is 0 Å². The molecular formula is C21H20FN3O2. The van der Waals surface area contributed by atoms with Gasteiger partial charge >= 0.3 is 0 Å². The number of hydrogen-bond donors (Lipinski definition) is 2. The lowest BCUT2D eigenvalue weighted by atomic mass is 10.2. The number of amides is 1. The number of carbonyl (C=O) groups excluding carboxylic acids is 1. The van der Waals surface area contributed by atoms with E-state index in [1.165, 1.54) is 24.3 Å². The second-order valence-corrected chi connectivity index (χ2v) is 6.21. The molecule has 5 nitrogen and oxygen atoms in total. The van der Waals surface area contributed by atoms with Crippen molar-refractivity contribution in [1.82, 2.24) is 4.98 Å². The van der Waals surface area contributed by atoms with E-state index in [1.54, 1.807) is 18.3 Å². The summed E-state index contributed by atoms with van der Waals surface area (Å²) in [6.45, 7) is 3.94. The number of nitrogens with zero attached hydrogens (tertiary/aromatic N) is 1. The van der Waals surface area contributed by atoms with E-state index in [-0.39, 0.29) is 17.8 Å². The average Bonchev–Trinajstić information content (AvgIpc) is 2.65. The number of pyridine rings is 1. The predicted molar refractivity (Wildman–Crippen MR) is 104 cm³/mol. The summed E-state index contributed by atoms with van der Waals surface area (Å²) in [6, 6.07) is 16.4. The van der Waals surface area contributed by atoms with Crippen LogP contribution in [0, 0.1) is 5.82 Å². The molecule has 0 radical (unpaired) electrons. The summed E-state index contributed by atoms with van der Waals surface area (Å²) in [5.74, 6) is 0.677. The maximum atomic E-state index is 13.0. The molecule has 3 aromatic rings. The molecule has 0 saturated carbocycles. The average molecular weight is 365 g/mol. The van der Waals surface area contributed by atoms with Gasteiger partial charge in [-0.05, 0) is 74.5 Å². The summed E-state index contributed by atoms with van der Waals surface area (Å²) in [7, 11) is 0. The predicted octanol–water partition coefficient (Wildman–Crippen LogP) is 5.00. The number of benzene rings is 2. The molecule has 0 bridgehead atoms. The molecule has 2 aromatic carbocycles. The van der Waals surface area contributed by atoms with E-state index in [0.717, 1.165) is 11.4 Å². The Morgan fingerprint density at radius 2 is 1.67 bits per heavy atom. The van der Waals surface area contributed by atoms with Gasteiger partial charge in [-0.1, -0.05) is 0 Å². The van der Waals surface area contributed by atoms with Gasteiger partial charge in [-0.2, -0.15) is 0 Å². The molecule has 6 heteroatoms.